The lowest BCUT2D eigenvalue weighted by molar-refractivity contribution is -0.171. The fourth-order valence-electron chi connectivity index (χ4n) is 0.740. The van der Waals surface area contributed by atoms with Crippen molar-refractivity contribution in [3.63, 3.8) is 0 Å². The molecule has 0 bridgehead atoms. The first-order valence-corrected chi connectivity index (χ1v) is 4.04. The molecular weight excluding hydrogens is 238 g/mol. The number of carbonyl (C=O) groups is 2. The van der Waals surface area contributed by atoms with Gasteiger partial charge in [-0.25, -0.2) is 13.6 Å². The van der Waals surface area contributed by atoms with E-state index in [4.69, 9.17) is 10.2 Å². The Labute approximate surface area is 87.1 Å². The number of rotatable bonds is 6. The molecule has 0 aliphatic rings. The maximum Gasteiger partial charge on any atom is 0.383 e. The van der Waals surface area contributed by atoms with Gasteiger partial charge in [-0.05, 0) is 0 Å². The number of hydrogen-bond donors (Lipinski definition) is 3. The summed E-state index contributed by atoms with van der Waals surface area (Å²) >= 11 is 0. The Morgan fingerprint density at radius 2 is 1.81 bits per heavy atom. The topological polar surface area (TPSA) is 86.6 Å². The molecule has 0 aromatic heterocycles. The minimum absolute atomic E-state index is 0.555. The number of nitrogens with one attached hydrogen (secondary N) is 1. The van der Waals surface area contributed by atoms with E-state index in [9.17, 15) is 27.2 Å². The fourth-order valence-corrected chi connectivity index (χ4v) is 0.740. The molecule has 3 N–H and O–H groups in total. The number of carbonyl (C=O) groups excluding carboxylic acids is 1. The molecule has 0 aromatic rings. The molecular formula is C7H9F4NO4. The van der Waals surface area contributed by atoms with E-state index in [-0.39, 0.29) is 0 Å². The highest BCUT2D eigenvalue weighted by Gasteiger charge is 2.49. The smallest absolute Gasteiger partial charge is 0.383 e. The average Bonchev–Trinajstić information content (AvgIpc) is 2.16. The van der Waals surface area contributed by atoms with Gasteiger partial charge >= 0.3 is 18.3 Å². The first-order valence-electron chi connectivity index (χ1n) is 4.04. The largest absolute Gasteiger partial charge is 0.480 e. The van der Waals surface area contributed by atoms with Crippen LogP contribution >= 0.6 is 0 Å². The molecule has 9 heteroatoms. The summed E-state index contributed by atoms with van der Waals surface area (Å²) in [6.45, 7) is -0.697. The van der Waals surface area contributed by atoms with Gasteiger partial charge in [-0.2, -0.15) is 8.78 Å². The summed E-state index contributed by atoms with van der Waals surface area (Å²) in [4.78, 5) is 21.0. The van der Waals surface area contributed by atoms with Crippen LogP contribution < -0.4 is 5.32 Å². The number of alkyl halides is 4. The van der Waals surface area contributed by atoms with Crippen LogP contribution in [-0.2, 0) is 9.59 Å². The Bertz CT molecular complexity index is 271. The van der Waals surface area contributed by atoms with E-state index in [1.807, 2.05) is 0 Å². The minimum atomic E-state index is -4.96. The second-order valence-electron chi connectivity index (χ2n) is 2.80. The van der Waals surface area contributed by atoms with Crippen LogP contribution in [0.4, 0.5) is 17.6 Å². The summed E-state index contributed by atoms with van der Waals surface area (Å²) in [7, 11) is 0. The predicted octanol–water partition coefficient (Wildman–Crippen LogP) is -0.161. The monoisotopic (exact) mass is 247 g/mol. The summed E-state index contributed by atoms with van der Waals surface area (Å²) in [5.41, 5.74) is 0. The van der Waals surface area contributed by atoms with Gasteiger partial charge in [0.2, 0.25) is 0 Å². The zero-order valence-electron chi connectivity index (χ0n) is 7.79. The van der Waals surface area contributed by atoms with Crippen molar-refractivity contribution in [2.24, 2.45) is 0 Å². The van der Waals surface area contributed by atoms with E-state index in [1.54, 1.807) is 0 Å². The molecule has 0 aliphatic heterocycles. The maximum atomic E-state index is 12.4. The Balaban J connectivity index is 4.58. The number of carboxylic acids is 1. The summed E-state index contributed by atoms with van der Waals surface area (Å²) in [6, 6.07) is -1.83. The molecule has 94 valence electrons. The van der Waals surface area contributed by atoms with Crippen LogP contribution in [0.3, 0.4) is 0 Å². The lowest BCUT2D eigenvalue weighted by Gasteiger charge is -2.18. The van der Waals surface area contributed by atoms with Gasteiger partial charge in [0.15, 0.2) is 0 Å². The zero-order valence-corrected chi connectivity index (χ0v) is 7.79. The van der Waals surface area contributed by atoms with Gasteiger partial charge in [0.25, 0.3) is 5.91 Å². The van der Waals surface area contributed by atoms with Gasteiger partial charge < -0.3 is 15.5 Å². The Kier molecular flexibility index (Phi) is 5.15. The van der Waals surface area contributed by atoms with E-state index in [0.717, 1.165) is 0 Å². The van der Waals surface area contributed by atoms with Crippen molar-refractivity contribution in [2.45, 2.75) is 24.8 Å². The van der Waals surface area contributed by atoms with Crippen molar-refractivity contribution in [3.8, 4) is 0 Å². The maximum absolute atomic E-state index is 12.4. The standard InChI is InChI=1S/C7H9F4NO4/c8-5(9)7(10,11)6(16)12-3(1-2-13)4(14)15/h3,5,13H,1-2H2,(H,12,16)(H,14,15). The number of hydrogen-bond acceptors (Lipinski definition) is 3. The number of aliphatic hydroxyl groups excluding tert-OH is 1. The number of aliphatic carboxylic acids is 1. The van der Waals surface area contributed by atoms with Crippen LogP contribution in [0.15, 0.2) is 0 Å². The molecule has 5 nitrogen and oxygen atoms in total. The molecule has 0 saturated heterocycles. The Morgan fingerprint density at radius 3 is 2.12 bits per heavy atom. The lowest BCUT2D eigenvalue weighted by Crippen LogP contribution is -2.51. The molecule has 1 atom stereocenters. The molecule has 0 aromatic carbocycles. The van der Waals surface area contributed by atoms with Crippen molar-refractivity contribution in [1.29, 1.82) is 0 Å². The van der Waals surface area contributed by atoms with E-state index >= 15 is 0 Å². The van der Waals surface area contributed by atoms with Crippen LogP contribution in [0, 0.1) is 0 Å². The third-order valence-corrected chi connectivity index (χ3v) is 1.60. The van der Waals surface area contributed by atoms with Gasteiger partial charge in [0, 0.05) is 13.0 Å². The number of halogens is 4. The quantitative estimate of drug-likeness (QED) is 0.569. The van der Waals surface area contributed by atoms with Crippen molar-refractivity contribution in [3.05, 3.63) is 0 Å². The van der Waals surface area contributed by atoms with Crippen LogP contribution in [0.2, 0.25) is 0 Å². The first kappa shape index (κ1) is 14.6. The number of amides is 1. The van der Waals surface area contributed by atoms with E-state index in [2.05, 4.69) is 0 Å². The molecule has 0 fully saturated rings. The van der Waals surface area contributed by atoms with Gasteiger partial charge in [-0.15, -0.1) is 0 Å². The van der Waals surface area contributed by atoms with Gasteiger partial charge in [0.1, 0.15) is 6.04 Å². The predicted molar refractivity (Wildman–Crippen MR) is 42.2 cm³/mol. The van der Waals surface area contributed by atoms with Gasteiger partial charge in [-0.3, -0.25) is 4.79 Å². The fraction of sp³-hybridized carbons (Fsp3) is 0.714. The van der Waals surface area contributed by atoms with Crippen molar-refractivity contribution in [1.82, 2.24) is 5.32 Å². The molecule has 0 saturated carbocycles. The van der Waals surface area contributed by atoms with E-state index in [0.29, 0.717) is 0 Å². The molecule has 0 radical (unpaired) electrons. The summed E-state index contributed by atoms with van der Waals surface area (Å²) < 4.78 is 48.2. The van der Waals surface area contributed by atoms with Crippen LogP contribution in [0.25, 0.3) is 0 Å². The third-order valence-electron chi connectivity index (χ3n) is 1.60. The van der Waals surface area contributed by atoms with Crippen LogP contribution in [0.1, 0.15) is 6.42 Å². The van der Waals surface area contributed by atoms with E-state index in [1.165, 1.54) is 5.32 Å². The highest BCUT2D eigenvalue weighted by atomic mass is 19.3. The zero-order chi connectivity index (χ0) is 12.9. The summed E-state index contributed by atoms with van der Waals surface area (Å²) in [5.74, 6) is -9.04. The molecule has 1 amide bonds. The Hall–Kier alpha value is -1.38. The minimum Gasteiger partial charge on any atom is -0.480 e. The molecule has 0 aliphatic carbocycles. The molecule has 16 heavy (non-hydrogen) atoms. The van der Waals surface area contributed by atoms with Crippen molar-refractivity contribution >= 4 is 11.9 Å². The van der Waals surface area contributed by atoms with Crippen molar-refractivity contribution < 1.29 is 37.4 Å². The molecule has 0 rings (SSSR count). The van der Waals surface area contributed by atoms with Crippen LogP contribution in [0.5, 0.6) is 0 Å². The SMILES string of the molecule is O=C(O)C(CCO)NC(=O)C(F)(F)C(F)F. The lowest BCUT2D eigenvalue weighted by atomic mass is 10.2. The molecule has 0 spiro atoms. The number of aliphatic hydroxyl groups is 1. The second kappa shape index (κ2) is 5.64. The Morgan fingerprint density at radius 1 is 1.31 bits per heavy atom. The normalized spacial score (nSPS) is 13.6. The second-order valence-corrected chi connectivity index (χ2v) is 2.80. The first-order chi connectivity index (χ1) is 7.23. The summed E-state index contributed by atoms with van der Waals surface area (Å²) in [5, 5.41) is 18.0. The highest BCUT2D eigenvalue weighted by Crippen LogP contribution is 2.23. The summed E-state index contributed by atoms with van der Waals surface area (Å²) in [6.07, 6.45) is -4.78. The molecule has 1 unspecified atom stereocenters. The highest BCUT2D eigenvalue weighted by molar-refractivity contribution is 5.88. The van der Waals surface area contributed by atoms with E-state index < -0.39 is 43.3 Å². The van der Waals surface area contributed by atoms with Crippen LogP contribution in [-0.4, -0.2) is 47.1 Å². The number of carboxylic acid groups (broad SMARTS) is 1. The van der Waals surface area contributed by atoms with Gasteiger partial charge in [-0.1, -0.05) is 0 Å². The average molecular weight is 247 g/mol. The third kappa shape index (κ3) is 3.65. The van der Waals surface area contributed by atoms with Crippen molar-refractivity contribution in [2.75, 3.05) is 6.61 Å². The molecule has 0 heterocycles. The van der Waals surface area contributed by atoms with Gasteiger partial charge in [0.05, 0.1) is 0 Å².